The molecule has 4 aromatic rings. The van der Waals surface area contributed by atoms with Crippen molar-refractivity contribution in [2.24, 2.45) is 5.92 Å². The predicted molar refractivity (Wildman–Crippen MR) is 182 cm³/mol. The number of aryl methyl sites for hydroxylation is 1. The molecule has 2 aromatic heterocycles. The van der Waals surface area contributed by atoms with Gasteiger partial charge < -0.3 is 19.4 Å². The van der Waals surface area contributed by atoms with Gasteiger partial charge >= 0.3 is 0 Å². The van der Waals surface area contributed by atoms with E-state index < -0.39 is 16.9 Å². The van der Waals surface area contributed by atoms with Crippen molar-refractivity contribution >= 4 is 23.8 Å². The van der Waals surface area contributed by atoms with E-state index in [1.54, 1.807) is 36.7 Å². The first-order chi connectivity index (χ1) is 23.2. The van der Waals surface area contributed by atoms with Crippen molar-refractivity contribution in [2.45, 2.75) is 52.0 Å². The number of amides is 1. The highest BCUT2D eigenvalue weighted by Crippen LogP contribution is 2.28. The molecule has 10 nitrogen and oxygen atoms in total. The number of imidazole rings is 1. The lowest BCUT2D eigenvalue weighted by atomic mass is 9.84. The van der Waals surface area contributed by atoms with Gasteiger partial charge in [-0.2, -0.15) is 0 Å². The number of H-pyrrole nitrogens is 2. The molecule has 0 unspecified atom stereocenters. The molecule has 1 aliphatic carbocycles. The summed E-state index contributed by atoms with van der Waals surface area (Å²) in [5, 5.41) is 0.144. The van der Waals surface area contributed by atoms with Crippen molar-refractivity contribution in [3.05, 3.63) is 120 Å². The smallest absolute Gasteiger partial charge is 0.272 e. The molecule has 250 valence electrons. The molecule has 11 heteroatoms. The van der Waals surface area contributed by atoms with Crippen LogP contribution in [-0.2, 0) is 11.3 Å². The molecule has 2 aromatic carbocycles. The summed E-state index contributed by atoms with van der Waals surface area (Å²) >= 11 is 0. The zero-order chi connectivity index (χ0) is 33.8. The van der Waals surface area contributed by atoms with Crippen LogP contribution in [0.4, 0.5) is 4.39 Å². The van der Waals surface area contributed by atoms with E-state index in [4.69, 9.17) is 0 Å². The van der Waals surface area contributed by atoms with E-state index in [9.17, 15) is 23.6 Å². The second-order valence-corrected chi connectivity index (χ2v) is 13.0. The Morgan fingerprint density at radius 2 is 1.60 bits per heavy atom. The number of aromatic nitrogens is 4. The molecule has 2 fully saturated rings. The third-order valence-electron chi connectivity index (χ3n) is 9.30. The predicted octanol–water partition coefficient (Wildman–Crippen LogP) is 2.75. The summed E-state index contributed by atoms with van der Waals surface area (Å²) in [5.41, 5.74) is 1.89. The zero-order valence-corrected chi connectivity index (χ0v) is 27.4. The van der Waals surface area contributed by atoms with Gasteiger partial charge in [0, 0.05) is 55.5 Å². The topological polar surface area (TPSA) is 124 Å². The Bertz CT molecular complexity index is 2030. The minimum atomic E-state index is -0.490. The Kier molecular flexibility index (Phi) is 9.95. The van der Waals surface area contributed by atoms with E-state index in [1.807, 2.05) is 4.90 Å². The number of nitrogens with zero attached hydrogens (tertiary/aromatic N) is 4. The molecule has 2 aliphatic rings. The molecule has 1 saturated heterocycles. The second-order valence-electron chi connectivity index (χ2n) is 13.0. The molecule has 1 aliphatic heterocycles. The van der Waals surface area contributed by atoms with Gasteiger partial charge in [0.1, 0.15) is 16.5 Å². The molecule has 48 heavy (non-hydrogen) atoms. The summed E-state index contributed by atoms with van der Waals surface area (Å²) in [6.07, 6.45) is 9.07. The number of rotatable bonds is 10. The first-order valence-corrected chi connectivity index (χ1v) is 16.7. The maximum Gasteiger partial charge on any atom is 0.272 e. The van der Waals surface area contributed by atoms with Crippen LogP contribution < -0.4 is 21.8 Å². The first kappa shape index (κ1) is 33.0. The number of ketones is 1. The van der Waals surface area contributed by atoms with Crippen molar-refractivity contribution < 1.29 is 14.0 Å². The molecule has 0 atom stereocenters. The average Bonchev–Trinajstić information content (AvgIpc) is 3.45. The summed E-state index contributed by atoms with van der Waals surface area (Å²) in [5.74, 6) is -0.00248. The van der Waals surface area contributed by atoms with Crippen molar-refractivity contribution in [2.75, 3.05) is 32.7 Å². The molecule has 1 saturated carbocycles. The molecular formula is C37H41FN6O4. The lowest BCUT2D eigenvalue weighted by molar-refractivity contribution is -0.139. The lowest BCUT2D eigenvalue weighted by Crippen LogP contribution is -2.51. The van der Waals surface area contributed by atoms with Crippen LogP contribution in [0.1, 0.15) is 78.3 Å². The Balaban J connectivity index is 1.14. The van der Waals surface area contributed by atoms with E-state index in [0.29, 0.717) is 28.3 Å². The Hall–Kier alpha value is -4.90. The number of nitrogens with one attached hydrogen (secondary N) is 2. The van der Waals surface area contributed by atoms with Crippen molar-refractivity contribution in [3.8, 4) is 0 Å². The Morgan fingerprint density at radius 1 is 0.917 bits per heavy atom. The van der Waals surface area contributed by atoms with Crippen molar-refractivity contribution in [1.29, 1.82) is 0 Å². The number of carbonyl (C=O) groups is 2. The van der Waals surface area contributed by atoms with Gasteiger partial charge in [-0.1, -0.05) is 38.5 Å². The van der Waals surface area contributed by atoms with E-state index in [-0.39, 0.29) is 28.3 Å². The molecular weight excluding hydrogens is 611 g/mol. The third-order valence-corrected chi connectivity index (χ3v) is 9.30. The zero-order valence-electron chi connectivity index (χ0n) is 27.4. The fourth-order valence-corrected chi connectivity index (χ4v) is 6.43. The molecule has 2 N–H and O–H groups in total. The van der Waals surface area contributed by atoms with Gasteiger partial charge in [-0.15, -0.1) is 0 Å². The minimum Gasteiger partial charge on any atom is -0.340 e. The molecule has 6 rings (SSSR count). The SMILES string of the molecule is CC(C)c1c(/C=c2\[nH]c(=O)/c(=C/c3cccc(C(=O)c4ccc(F)cc4)c3)[nH]c2=O)ncn1CCCN1CCN(C(=O)C2CCC2)CC1. The molecule has 0 spiro atoms. The Morgan fingerprint density at radius 3 is 2.25 bits per heavy atom. The number of aromatic amines is 2. The van der Waals surface area contributed by atoms with Crippen LogP contribution in [0, 0.1) is 11.7 Å². The van der Waals surface area contributed by atoms with Crippen LogP contribution in [0.25, 0.3) is 12.2 Å². The highest BCUT2D eigenvalue weighted by atomic mass is 19.1. The van der Waals surface area contributed by atoms with E-state index in [1.165, 1.54) is 36.8 Å². The summed E-state index contributed by atoms with van der Waals surface area (Å²) in [6, 6.07) is 11.9. The number of carbonyl (C=O) groups excluding carboxylic acids is 2. The highest BCUT2D eigenvalue weighted by Gasteiger charge is 2.31. The van der Waals surface area contributed by atoms with Gasteiger partial charge in [0.15, 0.2) is 5.78 Å². The summed E-state index contributed by atoms with van der Waals surface area (Å²) in [6.45, 7) is 9.20. The Labute approximate surface area is 277 Å². The number of benzene rings is 2. The number of hydrogen-bond acceptors (Lipinski definition) is 6. The second kappa shape index (κ2) is 14.5. The normalized spacial score (nSPS) is 16.5. The van der Waals surface area contributed by atoms with Gasteiger partial charge in [0.05, 0.1) is 12.0 Å². The van der Waals surface area contributed by atoms with E-state index >= 15 is 0 Å². The maximum absolute atomic E-state index is 13.3. The highest BCUT2D eigenvalue weighted by molar-refractivity contribution is 6.09. The maximum atomic E-state index is 13.3. The summed E-state index contributed by atoms with van der Waals surface area (Å²) in [7, 11) is 0. The fourth-order valence-electron chi connectivity index (χ4n) is 6.43. The number of hydrogen-bond donors (Lipinski definition) is 2. The lowest BCUT2D eigenvalue weighted by Gasteiger charge is -2.38. The van der Waals surface area contributed by atoms with Crippen LogP contribution in [0.3, 0.4) is 0 Å². The largest absolute Gasteiger partial charge is 0.340 e. The van der Waals surface area contributed by atoms with Crippen molar-refractivity contribution in [3.63, 3.8) is 0 Å². The molecule has 0 bridgehead atoms. The van der Waals surface area contributed by atoms with Gasteiger partial charge in [-0.25, -0.2) is 9.37 Å². The number of halogens is 1. The van der Waals surface area contributed by atoms with Gasteiger partial charge in [-0.3, -0.25) is 24.1 Å². The van der Waals surface area contributed by atoms with Gasteiger partial charge in [0.25, 0.3) is 11.1 Å². The van der Waals surface area contributed by atoms with Crippen LogP contribution in [0.5, 0.6) is 0 Å². The van der Waals surface area contributed by atoms with Crippen LogP contribution in [0.2, 0.25) is 0 Å². The van der Waals surface area contributed by atoms with Crippen LogP contribution in [-0.4, -0.2) is 73.7 Å². The summed E-state index contributed by atoms with van der Waals surface area (Å²) in [4.78, 5) is 66.0. The summed E-state index contributed by atoms with van der Waals surface area (Å²) < 4.78 is 15.4. The van der Waals surface area contributed by atoms with Crippen LogP contribution in [0.15, 0.2) is 64.4 Å². The van der Waals surface area contributed by atoms with E-state index in [2.05, 4.69) is 38.3 Å². The standard InChI is InChI=1S/C37H41FN6O4/c1-24(2)33-30(39-23-44(33)15-5-14-42-16-18-43(19-17-42)37(48)27-7-4-8-27)22-32-36(47)40-31(35(46)41-32)21-25-6-3-9-28(20-25)34(45)26-10-12-29(38)13-11-26/h3,6,9-13,20-24,27H,4-5,7-8,14-19H2,1-2H3,(H,40,47)(H,41,46)/b31-21-,32-22-. The minimum absolute atomic E-state index is 0.0476. The van der Waals surface area contributed by atoms with Gasteiger partial charge in [-0.05, 0) is 79.8 Å². The molecule has 3 heterocycles. The quantitative estimate of drug-likeness (QED) is 0.254. The first-order valence-electron chi connectivity index (χ1n) is 16.7. The van der Waals surface area contributed by atoms with Gasteiger partial charge in [0.2, 0.25) is 5.91 Å². The number of piperazine rings is 1. The van der Waals surface area contributed by atoms with Crippen molar-refractivity contribution in [1.82, 2.24) is 29.3 Å². The molecule has 0 radical (unpaired) electrons. The third kappa shape index (κ3) is 7.46. The fraction of sp³-hybridized carbons (Fsp3) is 0.378. The van der Waals surface area contributed by atoms with E-state index in [0.717, 1.165) is 64.2 Å². The average molecular weight is 653 g/mol. The monoisotopic (exact) mass is 652 g/mol. The van der Waals surface area contributed by atoms with Crippen LogP contribution >= 0.6 is 0 Å². The molecule has 1 amide bonds.